The molecule has 0 saturated heterocycles. The highest BCUT2D eigenvalue weighted by Crippen LogP contribution is 2.24. The van der Waals surface area contributed by atoms with Crippen LogP contribution in [0.3, 0.4) is 0 Å². The van der Waals surface area contributed by atoms with Gasteiger partial charge in [-0.3, -0.25) is 4.98 Å². The molecule has 1 aromatic heterocycles. The summed E-state index contributed by atoms with van der Waals surface area (Å²) in [7, 11) is 0. The Kier molecular flexibility index (Phi) is 3.14. The lowest BCUT2D eigenvalue weighted by atomic mass is 10.1. The van der Waals surface area contributed by atoms with Crippen molar-refractivity contribution in [3.63, 3.8) is 0 Å². The lowest BCUT2D eigenvalue weighted by molar-refractivity contribution is 0.426. The fourth-order valence-electron chi connectivity index (χ4n) is 2.20. The van der Waals surface area contributed by atoms with Gasteiger partial charge >= 0.3 is 0 Å². The Labute approximate surface area is 85.7 Å². The zero-order valence-electron chi connectivity index (χ0n) is 8.74. The zero-order valence-corrected chi connectivity index (χ0v) is 8.74. The van der Waals surface area contributed by atoms with E-state index >= 15 is 0 Å². The fraction of sp³-hybridized carbons (Fsp3) is 0.583. The van der Waals surface area contributed by atoms with E-state index in [-0.39, 0.29) is 0 Å². The van der Waals surface area contributed by atoms with Gasteiger partial charge < -0.3 is 5.32 Å². The Hall–Kier alpha value is -0.890. The Morgan fingerprint density at radius 2 is 2.43 bits per heavy atom. The van der Waals surface area contributed by atoms with Gasteiger partial charge in [-0.1, -0.05) is 19.4 Å². The van der Waals surface area contributed by atoms with Crippen LogP contribution in [0.15, 0.2) is 24.5 Å². The predicted molar refractivity (Wildman–Crippen MR) is 57.9 cm³/mol. The van der Waals surface area contributed by atoms with Gasteiger partial charge in [0.1, 0.15) is 0 Å². The van der Waals surface area contributed by atoms with Crippen molar-refractivity contribution in [2.45, 2.75) is 38.8 Å². The van der Waals surface area contributed by atoms with Gasteiger partial charge in [-0.25, -0.2) is 0 Å². The lowest BCUT2D eigenvalue weighted by Gasteiger charge is -2.16. The number of pyridine rings is 1. The van der Waals surface area contributed by atoms with Crippen LogP contribution < -0.4 is 5.32 Å². The maximum absolute atomic E-state index is 4.11. The number of nitrogens with zero attached hydrogens (tertiary/aromatic N) is 1. The minimum absolute atomic E-state index is 0.718. The third kappa shape index (κ3) is 2.32. The second-order valence-corrected chi connectivity index (χ2v) is 4.26. The number of hydrogen-bond donors (Lipinski definition) is 1. The monoisotopic (exact) mass is 190 g/mol. The van der Waals surface area contributed by atoms with Crippen molar-refractivity contribution in [3.05, 3.63) is 30.1 Å². The van der Waals surface area contributed by atoms with E-state index < -0.39 is 0 Å². The summed E-state index contributed by atoms with van der Waals surface area (Å²) in [6.45, 7) is 3.30. The summed E-state index contributed by atoms with van der Waals surface area (Å²) in [6.07, 6.45) is 7.85. The predicted octanol–water partition coefficient (Wildman–Crippen LogP) is 2.36. The maximum Gasteiger partial charge on any atom is 0.0312 e. The molecule has 0 aliphatic heterocycles. The fourth-order valence-corrected chi connectivity index (χ4v) is 2.20. The van der Waals surface area contributed by atoms with E-state index in [9.17, 15) is 0 Å². The van der Waals surface area contributed by atoms with Gasteiger partial charge in [0, 0.05) is 25.0 Å². The summed E-state index contributed by atoms with van der Waals surface area (Å²) >= 11 is 0. The first-order valence-corrected chi connectivity index (χ1v) is 5.48. The molecule has 1 N–H and O–H groups in total. The van der Waals surface area contributed by atoms with Crippen molar-refractivity contribution in [2.75, 3.05) is 0 Å². The molecule has 1 heterocycles. The van der Waals surface area contributed by atoms with Gasteiger partial charge in [0.2, 0.25) is 0 Å². The van der Waals surface area contributed by atoms with E-state index in [1.807, 2.05) is 18.5 Å². The topological polar surface area (TPSA) is 24.9 Å². The van der Waals surface area contributed by atoms with Crippen LogP contribution >= 0.6 is 0 Å². The molecule has 1 aliphatic rings. The second-order valence-electron chi connectivity index (χ2n) is 4.26. The van der Waals surface area contributed by atoms with Crippen molar-refractivity contribution >= 4 is 0 Å². The molecule has 76 valence electrons. The molecule has 1 aromatic rings. The third-order valence-corrected chi connectivity index (χ3v) is 3.15. The van der Waals surface area contributed by atoms with Crippen LogP contribution in [0, 0.1) is 5.92 Å². The SMILES string of the molecule is C[C@H]1CCC[C@H]1NCc1cccnc1. The molecule has 2 nitrogen and oxygen atoms in total. The molecule has 1 fully saturated rings. The zero-order chi connectivity index (χ0) is 9.80. The van der Waals surface area contributed by atoms with Crippen LogP contribution in [0.2, 0.25) is 0 Å². The highest BCUT2D eigenvalue weighted by molar-refractivity contribution is 5.08. The van der Waals surface area contributed by atoms with E-state index in [2.05, 4.69) is 23.3 Å². The van der Waals surface area contributed by atoms with Crippen LogP contribution in [0.1, 0.15) is 31.7 Å². The van der Waals surface area contributed by atoms with Crippen LogP contribution in [-0.4, -0.2) is 11.0 Å². The quantitative estimate of drug-likeness (QED) is 0.791. The van der Waals surface area contributed by atoms with Gasteiger partial charge in [0.15, 0.2) is 0 Å². The summed E-state index contributed by atoms with van der Waals surface area (Å²) in [5.41, 5.74) is 1.28. The largest absolute Gasteiger partial charge is 0.310 e. The van der Waals surface area contributed by atoms with Gasteiger partial charge in [0.05, 0.1) is 0 Å². The number of aromatic nitrogens is 1. The van der Waals surface area contributed by atoms with Gasteiger partial charge in [0.25, 0.3) is 0 Å². The molecule has 0 unspecified atom stereocenters. The number of rotatable bonds is 3. The molecular formula is C12H18N2. The maximum atomic E-state index is 4.11. The first-order chi connectivity index (χ1) is 6.86. The molecule has 0 amide bonds. The van der Waals surface area contributed by atoms with Gasteiger partial charge in [-0.05, 0) is 30.4 Å². The summed E-state index contributed by atoms with van der Waals surface area (Å²) < 4.78 is 0. The van der Waals surface area contributed by atoms with Crippen LogP contribution in [0.25, 0.3) is 0 Å². The van der Waals surface area contributed by atoms with E-state index in [1.165, 1.54) is 24.8 Å². The van der Waals surface area contributed by atoms with Crippen LogP contribution in [0.5, 0.6) is 0 Å². The molecule has 2 rings (SSSR count). The normalized spacial score (nSPS) is 26.6. The minimum atomic E-state index is 0.718. The molecule has 14 heavy (non-hydrogen) atoms. The van der Waals surface area contributed by atoms with Gasteiger partial charge in [-0.2, -0.15) is 0 Å². The standard InChI is InChI=1S/C12H18N2/c1-10-4-2-6-12(10)14-9-11-5-3-7-13-8-11/h3,5,7-8,10,12,14H,2,4,6,9H2,1H3/t10-,12+/m0/s1. The average Bonchev–Trinajstić information content (AvgIpc) is 2.63. The Balaban J connectivity index is 1.82. The van der Waals surface area contributed by atoms with E-state index in [4.69, 9.17) is 0 Å². The minimum Gasteiger partial charge on any atom is -0.310 e. The summed E-state index contributed by atoms with van der Waals surface area (Å²) in [5, 5.41) is 3.61. The smallest absolute Gasteiger partial charge is 0.0312 e. The average molecular weight is 190 g/mol. The Bertz CT molecular complexity index is 271. The molecule has 0 bridgehead atoms. The van der Waals surface area contributed by atoms with Crippen molar-refractivity contribution in [2.24, 2.45) is 5.92 Å². The molecule has 2 heteroatoms. The molecule has 0 radical (unpaired) electrons. The first kappa shape index (κ1) is 9.66. The molecule has 1 aliphatic carbocycles. The molecule has 0 spiro atoms. The summed E-state index contributed by atoms with van der Waals surface area (Å²) in [5.74, 6) is 0.840. The van der Waals surface area contributed by atoms with Crippen molar-refractivity contribution in [3.8, 4) is 0 Å². The third-order valence-electron chi connectivity index (χ3n) is 3.15. The van der Waals surface area contributed by atoms with Crippen molar-refractivity contribution in [1.82, 2.24) is 10.3 Å². The number of hydrogen-bond acceptors (Lipinski definition) is 2. The first-order valence-electron chi connectivity index (χ1n) is 5.48. The summed E-state index contributed by atoms with van der Waals surface area (Å²) in [6, 6.07) is 4.84. The van der Waals surface area contributed by atoms with Crippen LogP contribution in [-0.2, 0) is 6.54 Å². The highest BCUT2D eigenvalue weighted by atomic mass is 14.9. The highest BCUT2D eigenvalue weighted by Gasteiger charge is 2.22. The van der Waals surface area contributed by atoms with E-state index in [1.54, 1.807) is 0 Å². The van der Waals surface area contributed by atoms with E-state index in [0.29, 0.717) is 0 Å². The Morgan fingerprint density at radius 1 is 1.50 bits per heavy atom. The van der Waals surface area contributed by atoms with Gasteiger partial charge in [-0.15, -0.1) is 0 Å². The number of nitrogens with one attached hydrogen (secondary N) is 1. The van der Waals surface area contributed by atoms with Crippen molar-refractivity contribution in [1.29, 1.82) is 0 Å². The Morgan fingerprint density at radius 3 is 3.07 bits per heavy atom. The van der Waals surface area contributed by atoms with E-state index in [0.717, 1.165) is 18.5 Å². The van der Waals surface area contributed by atoms with Crippen LogP contribution in [0.4, 0.5) is 0 Å². The molecule has 2 atom stereocenters. The molecular weight excluding hydrogens is 172 g/mol. The lowest BCUT2D eigenvalue weighted by Crippen LogP contribution is -2.30. The molecule has 1 saturated carbocycles. The molecule has 0 aromatic carbocycles. The van der Waals surface area contributed by atoms with Crippen molar-refractivity contribution < 1.29 is 0 Å². The summed E-state index contributed by atoms with van der Waals surface area (Å²) in [4.78, 5) is 4.11. The second kappa shape index (κ2) is 4.56.